The number of methoxy groups -OCH3 is 1. The first-order chi connectivity index (χ1) is 10.3. The molecule has 0 unspecified atom stereocenters. The Bertz CT molecular complexity index is 495. The van der Waals surface area contributed by atoms with E-state index in [1.165, 1.54) is 0 Å². The first kappa shape index (κ1) is 18.3. The number of urea groups is 1. The number of aliphatic hydroxyl groups excluding tert-OH is 1. The second-order valence-electron chi connectivity index (χ2n) is 6.67. The lowest BCUT2D eigenvalue weighted by Crippen LogP contribution is -2.41. The molecule has 0 heterocycles. The van der Waals surface area contributed by atoms with Crippen LogP contribution in [-0.2, 0) is 0 Å². The highest BCUT2D eigenvalue weighted by Gasteiger charge is 2.21. The summed E-state index contributed by atoms with van der Waals surface area (Å²) in [5.74, 6) is 0.707. The molecule has 5 nitrogen and oxygen atoms in total. The zero-order valence-electron chi connectivity index (χ0n) is 14.3. The lowest BCUT2D eigenvalue weighted by molar-refractivity contribution is 0.176. The summed E-state index contributed by atoms with van der Waals surface area (Å²) in [5, 5.41) is 12.0. The third-order valence-electron chi connectivity index (χ3n) is 3.22. The van der Waals surface area contributed by atoms with Crippen molar-refractivity contribution in [1.82, 2.24) is 4.90 Å². The van der Waals surface area contributed by atoms with Crippen molar-refractivity contribution in [3.8, 4) is 5.75 Å². The first-order valence-corrected chi connectivity index (χ1v) is 7.58. The van der Waals surface area contributed by atoms with Gasteiger partial charge in [-0.1, -0.05) is 26.8 Å². The van der Waals surface area contributed by atoms with Gasteiger partial charge in [0.05, 0.1) is 7.11 Å². The summed E-state index contributed by atoms with van der Waals surface area (Å²) >= 11 is 0. The van der Waals surface area contributed by atoms with Gasteiger partial charge in [0.1, 0.15) is 5.75 Å². The van der Waals surface area contributed by atoms with Gasteiger partial charge in [0, 0.05) is 31.5 Å². The fourth-order valence-corrected chi connectivity index (χ4v) is 2.14. The number of carbonyl (C=O) groups excluding carboxylic acids is 1. The van der Waals surface area contributed by atoms with Gasteiger partial charge in [-0.2, -0.15) is 0 Å². The molecular formula is C17H28N2O3. The molecule has 0 fully saturated rings. The zero-order valence-corrected chi connectivity index (χ0v) is 14.3. The lowest BCUT2D eigenvalue weighted by Gasteiger charge is -2.30. The van der Waals surface area contributed by atoms with Crippen LogP contribution in [0.2, 0.25) is 0 Å². The molecule has 0 saturated carbocycles. The highest BCUT2D eigenvalue weighted by atomic mass is 16.5. The number of hydrogen-bond donors (Lipinski definition) is 2. The molecule has 0 bridgehead atoms. The topological polar surface area (TPSA) is 61.8 Å². The number of nitrogens with zero attached hydrogens (tertiary/aromatic N) is 1. The summed E-state index contributed by atoms with van der Waals surface area (Å²) in [6, 6.07) is 5.44. The van der Waals surface area contributed by atoms with E-state index < -0.39 is 0 Å². The predicted molar refractivity (Wildman–Crippen MR) is 89.5 cm³/mol. The maximum atomic E-state index is 12.5. The molecule has 2 N–H and O–H groups in total. The van der Waals surface area contributed by atoms with Crippen LogP contribution in [0.5, 0.6) is 5.75 Å². The van der Waals surface area contributed by atoms with Gasteiger partial charge >= 0.3 is 6.03 Å². The van der Waals surface area contributed by atoms with Crippen LogP contribution in [0.15, 0.2) is 18.2 Å². The van der Waals surface area contributed by atoms with E-state index in [2.05, 4.69) is 26.1 Å². The third kappa shape index (κ3) is 5.93. The average Bonchev–Trinajstić information content (AvgIpc) is 2.44. The third-order valence-corrected chi connectivity index (χ3v) is 3.22. The van der Waals surface area contributed by atoms with E-state index in [0.29, 0.717) is 25.3 Å². The fraction of sp³-hybridized carbons (Fsp3) is 0.588. The Morgan fingerprint density at radius 1 is 1.36 bits per heavy atom. The number of anilines is 1. The highest BCUT2D eigenvalue weighted by Crippen LogP contribution is 2.23. The molecule has 1 aromatic rings. The molecule has 1 rings (SSSR count). The molecule has 2 amide bonds. The van der Waals surface area contributed by atoms with Crippen molar-refractivity contribution >= 4 is 11.7 Å². The number of benzene rings is 1. The van der Waals surface area contributed by atoms with Gasteiger partial charge in [-0.25, -0.2) is 4.79 Å². The summed E-state index contributed by atoms with van der Waals surface area (Å²) < 4.78 is 5.20. The van der Waals surface area contributed by atoms with Crippen LogP contribution in [0.4, 0.5) is 10.5 Å². The van der Waals surface area contributed by atoms with Crippen molar-refractivity contribution in [2.45, 2.75) is 34.1 Å². The van der Waals surface area contributed by atoms with Gasteiger partial charge in [-0.3, -0.25) is 0 Å². The Morgan fingerprint density at radius 3 is 2.59 bits per heavy atom. The summed E-state index contributed by atoms with van der Waals surface area (Å²) in [5.41, 5.74) is 1.72. The molecule has 5 heteroatoms. The van der Waals surface area contributed by atoms with Crippen molar-refractivity contribution in [2.75, 3.05) is 32.1 Å². The van der Waals surface area contributed by atoms with E-state index in [1.807, 2.05) is 25.1 Å². The summed E-state index contributed by atoms with van der Waals surface area (Å²) in [4.78, 5) is 14.3. The van der Waals surface area contributed by atoms with E-state index in [-0.39, 0.29) is 18.1 Å². The maximum absolute atomic E-state index is 12.5. The van der Waals surface area contributed by atoms with Crippen molar-refractivity contribution in [2.24, 2.45) is 5.41 Å². The standard InChI is InChI=1S/C17H28N2O3/c1-13-7-8-14(22-5)11-15(13)18-16(21)19(9-6-10-20)12-17(2,3)4/h7-8,11,20H,6,9-10,12H2,1-5H3,(H,18,21). The Balaban J connectivity index is 2.85. The van der Waals surface area contributed by atoms with E-state index in [0.717, 1.165) is 11.3 Å². The number of ether oxygens (including phenoxy) is 1. The Hall–Kier alpha value is -1.75. The Kier molecular flexibility index (Phi) is 6.68. The maximum Gasteiger partial charge on any atom is 0.321 e. The molecule has 124 valence electrons. The molecule has 0 aliphatic heterocycles. The van der Waals surface area contributed by atoms with Crippen molar-refractivity contribution in [3.05, 3.63) is 23.8 Å². The second-order valence-corrected chi connectivity index (χ2v) is 6.67. The van der Waals surface area contributed by atoms with Crippen LogP contribution >= 0.6 is 0 Å². The van der Waals surface area contributed by atoms with E-state index >= 15 is 0 Å². The van der Waals surface area contributed by atoms with Crippen LogP contribution < -0.4 is 10.1 Å². The largest absolute Gasteiger partial charge is 0.497 e. The molecule has 0 saturated heterocycles. The number of rotatable bonds is 6. The molecule has 1 aromatic carbocycles. The number of aliphatic hydroxyl groups is 1. The molecule has 0 aromatic heterocycles. The minimum Gasteiger partial charge on any atom is -0.497 e. The van der Waals surface area contributed by atoms with Crippen LogP contribution in [0, 0.1) is 12.3 Å². The van der Waals surface area contributed by atoms with E-state index in [1.54, 1.807) is 12.0 Å². The van der Waals surface area contributed by atoms with E-state index in [4.69, 9.17) is 9.84 Å². The second kappa shape index (κ2) is 8.03. The number of carbonyl (C=O) groups is 1. The van der Waals surface area contributed by atoms with Gasteiger partial charge < -0.3 is 20.1 Å². The van der Waals surface area contributed by atoms with Crippen molar-refractivity contribution < 1.29 is 14.6 Å². The van der Waals surface area contributed by atoms with Crippen molar-refractivity contribution in [1.29, 1.82) is 0 Å². The molecule has 0 spiro atoms. The number of amides is 2. The number of hydrogen-bond acceptors (Lipinski definition) is 3. The minimum atomic E-state index is -0.153. The summed E-state index contributed by atoms with van der Waals surface area (Å²) in [7, 11) is 1.60. The van der Waals surface area contributed by atoms with Gasteiger partial charge in [0.15, 0.2) is 0 Å². The van der Waals surface area contributed by atoms with E-state index in [9.17, 15) is 4.79 Å². The SMILES string of the molecule is COc1ccc(C)c(NC(=O)N(CCCO)CC(C)(C)C)c1. The molecular weight excluding hydrogens is 280 g/mol. The normalized spacial score (nSPS) is 11.2. The lowest BCUT2D eigenvalue weighted by atomic mass is 9.96. The van der Waals surface area contributed by atoms with Gasteiger partial charge in [-0.05, 0) is 30.4 Å². The minimum absolute atomic E-state index is 0.00375. The quantitative estimate of drug-likeness (QED) is 0.848. The zero-order chi connectivity index (χ0) is 16.8. The van der Waals surface area contributed by atoms with Crippen LogP contribution in [0.1, 0.15) is 32.8 Å². The molecule has 0 aliphatic carbocycles. The smallest absolute Gasteiger partial charge is 0.321 e. The number of aryl methyl sites for hydroxylation is 1. The molecule has 22 heavy (non-hydrogen) atoms. The fourth-order valence-electron chi connectivity index (χ4n) is 2.14. The predicted octanol–water partition coefficient (Wildman–Crippen LogP) is 3.27. The van der Waals surface area contributed by atoms with Gasteiger partial charge in [-0.15, -0.1) is 0 Å². The van der Waals surface area contributed by atoms with Gasteiger partial charge in [0.25, 0.3) is 0 Å². The number of nitrogens with one attached hydrogen (secondary N) is 1. The van der Waals surface area contributed by atoms with Crippen LogP contribution in [0.25, 0.3) is 0 Å². The Morgan fingerprint density at radius 2 is 2.05 bits per heavy atom. The monoisotopic (exact) mass is 308 g/mol. The van der Waals surface area contributed by atoms with Crippen LogP contribution in [-0.4, -0.2) is 42.8 Å². The average molecular weight is 308 g/mol. The summed E-state index contributed by atoms with van der Waals surface area (Å²) in [6.45, 7) is 9.43. The molecule has 0 radical (unpaired) electrons. The first-order valence-electron chi connectivity index (χ1n) is 7.58. The highest BCUT2D eigenvalue weighted by molar-refractivity contribution is 5.90. The van der Waals surface area contributed by atoms with Crippen LogP contribution in [0.3, 0.4) is 0 Å². The Labute approximate surface area is 133 Å². The van der Waals surface area contributed by atoms with Crippen molar-refractivity contribution in [3.63, 3.8) is 0 Å². The summed E-state index contributed by atoms with van der Waals surface area (Å²) in [6.07, 6.45) is 0.570. The molecule has 0 atom stereocenters. The molecule has 0 aliphatic rings. The van der Waals surface area contributed by atoms with Gasteiger partial charge in [0.2, 0.25) is 0 Å².